The molecule has 1 aromatic rings. The van der Waals surface area contributed by atoms with Crippen molar-refractivity contribution in [3.05, 3.63) is 17.3 Å². The van der Waals surface area contributed by atoms with E-state index < -0.39 is 0 Å². The quantitative estimate of drug-likeness (QED) is 0.856. The van der Waals surface area contributed by atoms with Crippen molar-refractivity contribution in [1.29, 1.82) is 0 Å². The van der Waals surface area contributed by atoms with Crippen LogP contribution < -0.4 is 0 Å². The summed E-state index contributed by atoms with van der Waals surface area (Å²) in [6.45, 7) is 2.20. The van der Waals surface area contributed by atoms with E-state index in [9.17, 15) is 0 Å². The van der Waals surface area contributed by atoms with Crippen molar-refractivity contribution >= 4 is 11.8 Å². The molecule has 0 aromatic carbocycles. The van der Waals surface area contributed by atoms with Crippen LogP contribution in [0.25, 0.3) is 0 Å². The molecule has 0 amide bonds. The monoisotopic (exact) mass is 227 g/mol. The van der Waals surface area contributed by atoms with Crippen LogP contribution in [0.3, 0.4) is 0 Å². The van der Waals surface area contributed by atoms with Crippen molar-refractivity contribution in [2.45, 2.75) is 32.1 Å². The number of thioether (sulfide) groups is 1. The van der Waals surface area contributed by atoms with Crippen LogP contribution in [0.15, 0.2) is 4.42 Å². The fraction of sp³-hybridized carbons (Fsp3) is 0.727. The molecule has 1 unspecified atom stereocenters. The predicted octanol–water partition coefficient (Wildman–Crippen LogP) is 2.13. The Hall–Kier alpha value is -0.480. The molecular weight excluding hydrogens is 210 g/mol. The van der Waals surface area contributed by atoms with E-state index in [1.165, 1.54) is 17.9 Å². The highest BCUT2D eigenvalue weighted by atomic mass is 32.2. The Kier molecular flexibility index (Phi) is 3.70. The highest BCUT2D eigenvalue weighted by Gasteiger charge is 2.23. The zero-order valence-electron chi connectivity index (χ0n) is 9.03. The second-order valence-electron chi connectivity index (χ2n) is 3.94. The molecule has 1 atom stereocenters. The van der Waals surface area contributed by atoms with Crippen LogP contribution in [0.5, 0.6) is 0 Å². The molecule has 1 saturated heterocycles. The number of nitrogens with zero attached hydrogens (tertiary/aromatic N) is 1. The van der Waals surface area contributed by atoms with Gasteiger partial charge in [-0.1, -0.05) is 0 Å². The van der Waals surface area contributed by atoms with Gasteiger partial charge in [0.2, 0.25) is 0 Å². The van der Waals surface area contributed by atoms with Crippen LogP contribution >= 0.6 is 11.8 Å². The Morgan fingerprint density at radius 3 is 3.13 bits per heavy atom. The molecular formula is C11H17NO2S. The minimum Gasteiger partial charge on any atom is -0.446 e. The van der Waals surface area contributed by atoms with E-state index in [0.717, 1.165) is 30.2 Å². The van der Waals surface area contributed by atoms with E-state index in [2.05, 4.69) is 4.98 Å². The lowest BCUT2D eigenvalue weighted by Crippen LogP contribution is -1.99. The number of hydrogen-bond acceptors (Lipinski definition) is 4. The number of hydrogen-bond donors (Lipinski definition) is 1. The van der Waals surface area contributed by atoms with E-state index in [-0.39, 0.29) is 6.61 Å². The average molecular weight is 227 g/mol. The molecule has 1 fully saturated rings. The highest BCUT2D eigenvalue weighted by Crippen LogP contribution is 2.33. The van der Waals surface area contributed by atoms with Crippen LogP contribution in [0, 0.1) is 6.92 Å². The van der Waals surface area contributed by atoms with Gasteiger partial charge >= 0.3 is 0 Å². The van der Waals surface area contributed by atoms with E-state index in [1.54, 1.807) is 0 Å². The summed E-state index contributed by atoms with van der Waals surface area (Å²) >= 11 is 1.99. The molecule has 84 valence electrons. The van der Waals surface area contributed by atoms with Gasteiger partial charge in [0, 0.05) is 24.7 Å². The SMILES string of the molecule is Cc1oc(CCCO)nc1C1CCSC1. The zero-order chi connectivity index (χ0) is 10.7. The van der Waals surface area contributed by atoms with E-state index >= 15 is 0 Å². The first-order valence-corrected chi connectivity index (χ1v) is 6.61. The first-order chi connectivity index (χ1) is 7.31. The third-order valence-electron chi connectivity index (χ3n) is 2.74. The van der Waals surface area contributed by atoms with Gasteiger partial charge in [-0.2, -0.15) is 11.8 Å². The van der Waals surface area contributed by atoms with Gasteiger partial charge in [-0.05, 0) is 25.5 Å². The number of oxazole rings is 1. The summed E-state index contributed by atoms with van der Waals surface area (Å²) in [6, 6.07) is 0. The third-order valence-corrected chi connectivity index (χ3v) is 3.90. The van der Waals surface area contributed by atoms with E-state index in [1.807, 2.05) is 18.7 Å². The van der Waals surface area contributed by atoms with Crippen LogP contribution in [0.2, 0.25) is 0 Å². The molecule has 0 aliphatic carbocycles. The molecule has 0 bridgehead atoms. The topological polar surface area (TPSA) is 46.3 Å². The van der Waals surface area contributed by atoms with Crippen LogP contribution in [0.1, 0.15) is 36.1 Å². The van der Waals surface area contributed by atoms with Crippen LogP contribution in [0.4, 0.5) is 0 Å². The normalized spacial score (nSPS) is 21.1. The fourth-order valence-corrected chi connectivity index (χ4v) is 3.16. The molecule has 1 aromatic heterocycles. The van der Waals surface area contributed by atoms with Gasteiger partial charge in [-0.15, -0.1) is 0 Å². The summed E-state index contributed by atoms with van der Waals surface area (Å²) in [5.41, 5.74) is 1.15. The maximum absolute atomic E-state index is 8.74. The summed E-state index contributed by atoms with van der Waals surface area (Å²) in [7, 11) is 0. The minimum atomic E-state index is 0.204. The highest BCUT2D eigenvalue weighted by molar-refractivity contribution is 7.99. The van der Waals surface area contributed by atoms with Gasteiger partial charge in [0.15, 0.2) is 5.89 Å². The largest absolute Gasteiger partial charge is 0.446 e. The average Bonchev–Trinajstić information content (AvgIpc) is 2.83. The Labute approximate surface area is 94.3 Å². The van der Waals surface area contributed by atoms with Crippen LogP contribution in [-0.4, -0.2) is 28.2 Å². The van der Waals surface area contributed by atoms with Crippen molar-refractivity contribution in [3.63, 3.8) is 0 Å². The molecule has 1 aliphatic heterocycles. The lowest BCUT2D eigenvalue weighted by molar-refractivity contribution is 0.282. The summed E-state index contributed by atoms with van der Waals surface area (Å²) in [5, 5.41) is 8.74. The fourth-order valence-electron chi connectivity index (χ4n) is 1.93. The lowest BCUT2D eigenvalue weighted by atomic mass is 10.0. The standard InChI is InChI=1S/C11H17NO2S/c1-8-11(9-4-6-15-7-9)12-10(14-8)3-2-5-13/h9,13H,2-7H2,1H3. The van der Waals surface area contributed by atoms with Gasteiger partial charge in [0.25, 0.3) is 0 Å². The first kappa shape index (κ1) is 11.0. The molecule has 1 N–H and O–H groups in total. The van der Waals surface area contributed by atoms with Crippen molar-refractivity contribution in [3.8, 4) is 0 Å². The molecule has 0 saturated carbocycles. The zero-order valence-corrected chi connectivity index (χ0v) is 9.85. The smallest absolute Gasteiger partial charge is 0.194 e. The number of aliphatic hydroxyl groups excluding tert-OH is 1. The maximum atomic E-state index is 8.74. The van der Waals surface area contributed by atoms with Gasteiger partial charge < -0.3 is 9.52 Å². The number of aryl methyl sites for hydroxylation is 2. The maximum Gasteiger partial charge on any atom is 0.194 e. The Balaban J connectivity index is 2.06. The Bertz CT molecular complexity index is 318. The third kappa shape index (κ3) is 2.55. The Morgan fingerprint density at radius 1 is 1.60 bits per heavy atom. The van der Waals surface area contributed by atoms with E-state index in [0.29, 0.717) is 5.92 Å². The minimum absolute atomic E-state index is 0.204. The van der Waals surface area contributed by atoms with Gasteiger partial charge in [-0.25, -0.2) is 4.98 Å². The molecule has 2 heterocycles. The summed E-state index contributed by atoms with van der Waals surface area (Å²) in [5.74, 6) is 4.75. The molecule has 1 aliphatic rings. The van der Waals surface area contributed by atoms with E-state index in [4.69, 9.17) is 9.52 Å². The predicted molar refractivity (Wildman–Crippen MR) is 61.3 cm³/mol. The van der Waals surface area contributed by atoms with Gasteiger partial charge in [0.1, 0.15) is 5.76 Å². The number of rotatable bonds is 4. The first-order valence-electron chi connectivity index (χ1n) is 5.46. The van der Waals surface area contributed by atoms with Crippen molar-refractivity contribution < 1.29 is 9.52 Å². The molecule has 4 heteroatoms. The van der Waals surface area contributed by atoms with Crippen molar-refractivity contribution in [1.82, 2.24) is 4.98 Å². The van der Waals surface area contributed by atoms with Gasteiger partial charge in [0.05, 0.1) is 5.69 Å². The second kappa shape index (κ2) is 5.03. The molecule has 0 spiro atoms. The molecule has 3 nitrogen and oxygen atoms in total. The Morgan fingerprint density at radius 2 is 2.47 bits per heavy atom. The summed E-state index contributed by atoms with van der Waals surface area (Å²) in [4.78, 5) is 4.54. The molecule has 15 heavy (non-hydrogen) atoms. The van der Waals surface area contributed by atoms with Gasteiger partial charge in [-0.3, -0.25) is 0 Å². The number of aliphatic hydroxyl groups is 1. The summed E-state index contributed by atoms with van der Waals surface area (Å²) in [6.07, 6.45) is 2.70. The molecule has 0 radical (unpaired) electrons. The lowest BCUT2D eigenvalue weighted by Gasteiger charge is -2.02. The molecule has 2 rings (SSSR count). The second-order valence-corrected chi connectivity index (χ2v) is 5.09. The van der Waals surface area contributed by atoms with Crippen LogP contribution in [-0.2, 0) is 6.42 Å². The number of aromatic nitrogens is 1. The van der Waals surface area contributed by atoms with Crippen molar-refractivity contribution in [2.24, 2.45) is 0 Å². The van der Waals surface area contributed by atoms with Crippen molar-refractivity contribution in [2.75, 3.05) is 18.1 Å². The summed E-state index contributed by atoms with van der Waals surface area (Å²) < 4.78 is 5.60.